The number of anilines is 1. The zero-order valence-corrected chi connectivity index (χ0v) is 17.2. The number of aromatic nitrogens is 2. The minimum Gasteiger partial charge on any atom is -0.494 e. The van der Waals surface area contributed by atoms with Crippen molar-refractivity contribution in [1.29, 1.82) is 0 Å². The van der Waals surface area contributed by atoms with Crippen molar-refractivity contribution in [3.63, 3.8) is 0 Å². The summed E-state index contributed by atoms with van der Waals surface area (Å²) in [4.78, 5) is 25.7. The molecule has 1 amide bonds. The third kappa shape index (κ3) is 3.26. The number of halogens is 1. The third-order valence-electron chi connectivity index (χ3n) is 5.44. The van der Waals surface area contributed by atoms with Crippen molar-refractivity contribution >= 4 is 17.5 Å². The molecule has 2 aromatic carbocycles. The van der Waals surface area contributed by atoms with Gasteiger partial charge in [-0.2, -0.15) is 5.10 Å². The highest BCUT2D eigenvalue weighted by Gasteiger charge is 2.36. The van der Waals surface area contributed by atoms with Gasteiger partial charge in [-0.05, 0) is 50.6 Å². The fourth-order valence-electron chi connectivity index (χ4n) is 4.01. The Labute approximate surface area is 173 Å². The average molecular weight is 407 g/mol. The molecule has 4 rings (SSSR count). The number of Topliss-reactive ketones (excluding diaryl/α,β-unsaturated/α-hetero) is 1. The van der Waals surface area contributed by atoms with Crippen LogP contribution in [0.3, 0.4) is 0 Å². The van der Waals surface area contributed by atoms with E-state index in [9.17, 15) is 14.0 Å². The molecule has 0 bridgehead atoms. The van der Waals surface area contributed by atoms with Crippen LogP contribution in [0.4, 0.5) is 10.2 Å². The summed E-state index contributed by atoms with van der Waals surface area (Å²) in [6, 6.07) is 10.0. The number of fused-ring (bicyclic) bond motifs is 1. The standard InChI is InChI=1S/C23H22FN3O3/c1-12-5-7-18(13(2)9-12)27-23-21(14(3)26-27)16(11-20(28)25-23)22(29)15-6-8-19(30-4)17(24)10-15/h5-10,16H,11H2,1-4H3,(H,25,28)/t16-/m1/s1. The fourth-order valence-corrected chi connectivity index (χ4v) is 4.01. The molecule has 0 unspecified atom stereocenters. The van der Waals surface area contributed by atoms with E-state index in [1.165, 1.54) is 19.2 Å². The summed E-state index contributed by atoms with van der Waals surface area (Å²) in [6.07, 6.45) is -0.0150. The number of carbonyl (C=O) groups excluding carboxylic acids is 2. The Kier molecular flexibility index (Phi) is 4.89. The van der Waals surface area contributed by atoms with Gasteiger partial charge >= 0.3 is 0 Å². The highest BCUT2D eigenvalue weighted by Crippen LogP contribution is 2.39. The molecule has 154 valence electrons. The minimum atomic E-state index is -0.735. The lowest BCUT2D eigenvalue weighted by Gasteiger charge is -2.23. The van der Waals surface area contributed by atoms with E-state index in [1.54, 1.807) is 4.68 Å². The van der Waals surface area contributed by atoms with Crippen LogP contribution in [0.2, 0.25) is 0 Å². The number of rotatable bonds is 4. The van der Waals surface area contributed by atoms with Gasteiger partial charge in [0.2, 0.25) is 5.91 Å². The van der Waals surface area contributed by atoms with Gasteiger partial charge in [0.05, 0.1) is 24.4 Å². The molecule has 1 aromatic heterocycles. The lowest BCUT2D eigenvalue weighted by Crippen LogP contribution is -2.28. The van der Waals surface area contributed by atoms with Gasteiger partial charge in [0.25, 0.3) is 0 Å². The predicted molar refractivity (Wildman–Crippen MR) is 111 cm³/mol. The van der Waals surface area contributed by atoms with Gasteiger partial charge in [-0.3, -0.25) is 9.59 Å². The number of nitrogens with one attached hydrogen (secondary N) is 1. The monoisotopic (exact) mass is 407 g/mol. The Morgan fingerprint density at radius 1 is 1.20 bits per heavy atom. The van der Waals surface area contributed by atoms with Crippen molar-refractivity contribution in [3.05, 3.63) is 70.2 Å². The van der Waals surface area contributed by atoms with Crippen LogP contribution in [0, 0.1) is 26.6 Å². The number of ketones is 1. The molecule has 1 aliphatic rings. The number of benzene rings is 2. The van der Waals surface area contributed by atoms with E-state index in [0.717, 1.165) is 22.9 Å². The molecule has 0 saturated carbocycles. The predicted octanol–water partition coefficient (Wildman–Crippen LogP) is 4.25. The van der Waals surface area contributed by atoms with Crippen LogP contribution in [0.5, 0.6) is 5.75 Å². The van der Waals surface area contributed by atoms with Crippen LogP contribution in [0.1, 0.15) is 45.1 Å². The number of hydrogen-bond acceptors (Lipinski definition) is 4. The second kappa shape index (κ2) is 7.40. The lowest BCUT2D eigenvalue weighted by molar-refractivity contribution is -0.116. The molecule has 3 aromatic rings. The summed E-state index contributed by atoms with van der Waals surface area (Å²) in [7, 11) is 1.36. The first kappa shape index (κ1) is 19.8. The first-order valence-electron chi connectivity index (χ1n) is 9.65. The molecular weight excluding hydrogens is 385 g/mol. The molecule has 2 heterocycles. The Balaban J connectivity index is 1.81. The number of amides is 1. The summed E-state index contributed by atoms with van der Waals surface area (Å²) in [5.74, 6) is -1.40. The summed E-state index contributed by atoms with van der Waals surface area (Å²) in [5.41, 5.74) is 4.45. The van der Waals surface area contributed by atoms with Crippen molar-refractivity contribution < 1.29 is 18.7 Å². The van der Waals surface area contributed by atoms with Gasteiger partial charge in [0.15, 0.2) is 17.3 Å². The van der Waals surface area contributed by atoms with Crippen molar-refractivity contribution in [2.45, 2.75) is 33.1 Å². The Bertz CT molecular complexity index is 1180. The summed E-state index contributed by atoms with van der Waals surface area (Å²) < 4.78 is 20.8. The van der Waals surface area contributed by atoms with Gasteiger partial charge in [-0.25, -0.2) is 9.07 Å². The molecule has 0 spiro atoms. The first-order valence-corrected chi connectivity index (χ1v) is 9.65. The van der Waals surface area contributed by atoms with Gasteiger partial charge in [-0.1, -0.05) is 17.7 Å². The maximum Gasteiger partial charge on any atom is 0.226 e. The van der Waals surface area contributed by atoms with Crippen LogP contribution in [0.15, 0.2) is 36.4 Å². The van der Waals surface area contributed by atoms with Crippen LogP contribution in [-0.2, 0) is 4.79 Å². The van der Waals surface area contributed by atoms with E-state index < -0.39 is 11.7 Å². The summed E-state index contributed by atoms with van der Waals surface area (Å²) in [6.45, 7) is 5.79. The van der Waals surface area contributed by atoms with E-state index in [-0.39, 0.29) is 29.4 Å². The van der Waals surface area contributed by atoms with Crippen molar-refractivity contribution in [3.8, 4) is 11.4 Å². The van der Waals surface area contributed by atoms with E-state index in [4.69, 9.17) is 4.74 Å². The molecule has 1 N–H and O–H groups in total. The van der Waals surface area contributed by atoms with Crippen LogP contribution < -0.4 is 10.1 Å². The fraction of sp³-hybridized carbons (Fsp3) is 0.261. The number of aryl methyl sites for hydroxylation is 3. The second-order valence-corrected chi connectivity index (χ2v) is 7.57. The second-order valence-electron chi connectivity index (χ2n) is 7.57. The van der Waals surface area contributed by atoms with Crippen molar-refractivity contribution in [2.24, 2.45) is 0 Å². The Morgan fingerprint density at radius 2 is 1.97 bits per heavy atom. The van der Waals surface area contributed by atoms with Crippen LogP contribution in [0.25, 0.3) is 5.69 Å². The zero-order valence-electron chi connectivity index (χ0n) is 17.2. The maximum atomic E-state index is 14.2. The van der Waals surface area contributed by atoms with Gasteiger partial charge in [0.1, 0.15) is 5.82 Å². The largest absolute Gasteiger partial charge is 0.494 e. The zero-order chi connectivity index (χ0) is 21.6. The molecule has 0 saturated heterocycles. The molecule has 0 aliphatic carbocycles. The van der Waals surface area contributed by atoms with Gasteiger partial charge in [-0.15, -0.1) is 0 Å². The van der Waals surface area contributed by atoms with Gasteiger partial charge in [0, 0.05) is 17.5 Å². The molecule has 0 fully saturated rings. The van der Waals surface area contributed by atoms with E-state index in [1.807, 2.05) is 39.0 Å². The molecule has 0 radical (unpaired) electrons. The number of methoxy groups -OCH3 is 1. The van der Waals surface area contributed by atoms with Crippen LogP contribution >= 0.6 is 0 Å². The van der Waals surface area contributed by atoms with Crippen molar-refractivity contribution in [2.75, 3.05) is 12.4 Å². The molecule has 30 heavy (non-hydrogen) atoms. The SMILES string of the molecule is COc1ccc(C(=O)[C@@H]2CC(=O)Nc3c2c(C)nn3-c2ccc(C)cc2C)cc1F. The highest BCUT2D eigenvalue weighted by molar-refractivity contribution is 6.08. The average Bonchev–Trinajstić information content (AvgIpc) is 3.02. The lowest BCUT2D eigenvalue weighted by atomic mass is 9.85. The minimum absolute atomic E-state index is 0.0150. The quantitative estimate of drug-likeness (QED) is 0.656. The summed E-state index contributed by atoms with van der Waals surface area (Å²) >= 11 is 0. The third-order valence-corrected chi connectivity index (χ3v) is 5.44. The smallest absolute Gasteiger partial charge is 0.226 e. The highest BCUT2D eigenvalue weighted by atomic mass is 19.1. The summed E-state index contributed by atoms with van der Waals surface area (Å²) in [5, 5.41) is 7.49. The molecular formula is C23H22FN3O3. The van der Waals surface area contributed by atoms with Crippen LogP contribution in [-0.4, -0.2) is 28.6 Å². The van der Waals surface area contributed by atoms with Crippen molar-refractivity contribution in [1.82, 2.24) is 9.78 Å². The van der Waals surface area contributed by atoms with E-state index in [0.29, 0.717) is 17.1 Å². The first-order chi connectivity index (χ1) is 14.3. The Morgan fingerprint density at radius 3 is 2.63 bits per heavy atom. The number of hydrogen-bond donors (Lipinski definition) is 1. The molecule has 1 aliphatic heterocycles. The van der Waals surface area contributed by atoms with E-state index in [2.05, 4.69) is 10.4 Å². The molecule has 1 atom stereocenters. The van der Waals surface area contributed by atoms with Gasteiger partial charge < -0.3 is 10.1 Å². The Hall–Kier alpha value is -3.48. The molecule has 7 heteroatoms. The molecule has 6 nitrogen and oxygen atoms in total. The number of carbonyl (C=O) groups is 2. The number of ether oxygens (including phenoxy) is 1. The number of nitrogens with zero attached hydrogens (tertiary/aromatic N) is 2. The maximum absolute atomic E-state index is 14.2. The van der Waals surface area contributed by atoms with E-state index >= 15 is 0 Å². The normalized spacial score (nSPS) is 15.5. The topological polar surface area (TPSA) is 73.2 Å².